The van der Waals surface area contributed by atoms with E-state index in [1.165, 1.54) is 38.5 Å². The van der Waals surface area contributed by atoms with Gasteiger partial charge in [0.15, 0.2) is 0 Å². The number of nitrogens with zero attached hydrogens (tertiary/aromatic N) is 2. The minimum Gasteiger partial charge on any atom is -0.391 e. The summed E-state index contributed by atoms with van der Waals surface area (Å²) in [6.45, 7) is 2.25. The van der Waals surface area contributed by atoms with Crippen LogP contribution < -0.4 is 0 Å². The Bertz CT molecular complexity index is 740. The lowest BCUT2D eigenvalue weighted by atomic mass is 9.82. The number of aliphatic hydroxyl groups is 1. The van der Waals surface area contributed by atoms with Crippen molar-refractivity contribution in [1.82, 2.24) is 0 Å². The van der Waals surface area contributed by atoms with Gasteiger partial charge in [0.25, 0.3) is 0 Å². The molecule has 3 nitrogen and oxygen atoms in total. The van der Waals surface area contributed by atoms with Crippen molar-refractivity contribution in [3.05, 3.63) is 59.7 Å². The maximum absolute atomic E-state index is 11.3. The largest absolute Gasteiger partial charge is 0.391 e. The molecule has 0 fully saturated rings. The van der Waals surface area contributed by atoms with E-state index in [4.69, 9.17) is 12.6 Å². The van der Waals surface area contributed by atoms with Gasteiger partial charge in [-0.2, -0.15) is 22.9 Å². The quantitative estimate of drug-likeness (QED) is 0.317. The van der Waals surface area contributed by atoms with Crippen LogP contribution >= 0.6 is 12.6 Å². The molecule has 4 heteroatoms. The fourth-order valence-corrected chi connectivity index (χ4v) is 4.57. The zero-order valence-corrected chi connectivity index (χ0v) is 17.7. The molecule has 0 aliphatic carbocycles. The molecule has 0 saturated heterocycles. The number of fused-ring (bicyclic) bond motifs is 2. The van der Waals surface area contributed by atoms with Crippen LogP contribution in [0.4, 0.5) is 11.4 Å². The van der Waals surface area contributed by atoms with Gasteiger partial charge in [-0.15, -0.1) is 0 Å². The van der Waals surface area contributed by atoms with Crippen LogP contribution in [0.5, 0.6) is 0 Å². The molecule has 0 radical (unpaired) electrons. The van der Waals surface area contributed by atoms with Crippen LogP contribution in [-0.2, 0) is 4.75 Å². The minimum absolute atomic E-state index is 0.596. The van der Waals surface area contributed by atoms with Crippen molar-refractivity contribution in [3.8, 4) is 0 Å². The second kappa shape index (κ2) is 10.2. The molecule has 0 amide bonds. The van der Waals surface area contributed by atoms with Gasteiger partial charge in [0.2, 0.25) is 0 Å². The monoisotopic (exact) mass is 396 g/mol. The van der Waals surface area contributed by atoms with Gasteiger partial charge in [-0.25, -0.2) is 0 Å². The third kappa shape index (κ3) is 4.66. The highest BCUT2D eigenvalue weighted by molar-refractivity contribution is 7.81. The summed E-state index contributed by atoms with van der Waals surface area (Å²) in [6.07, 6.45) is 10.1. The second-order valence-electron chi connectivity index (χ2n) is 7.78. The summed E-state index contributed by atoms with van der Waals surface area (Å²) in [5.41, 5.74) is 3.42. The molecule has 1 unspecified atom stereocenters. The first kappa shape index (κ1) is 21.1. The summed E-state index contributed by atoms with van der Waals surface area (Å²) in [5, 5.41) is 20.1. The van der Waals surface area contributed by atoms with Crippen molar-refractivity contribution in [1.29, 1.82) is 0 Å². The number of unbranched alkanes of at least 4 members (excludes halogenated alkanes) is 7. The van der Waals surface area contributed by atoms with Crippen molar-refractivity contribution in [3.63, 3.8) is 0 Å². The second-order valence-corrected chi connectivity index (χ2v) is 8.49. The van der Waals surface area contributed by atoms with E-state index >= 15 is 0 Å². The zero-order valence-electron chi connectivity index (χ0n) is 16.8. The summed E-state index contributed by atoms with van der Waals surface area (Å²) < 4.78 is -0.808. The maximum atomic E-state index is 11.3. The lowest BCUT2D eigenvalue weighted by Crippen LogP contribution is -2.35. The van der Waals surface area contributed by atoms with Crippen LogP contribution in [-0.4, -0.2) is 11.2 Å². The van der Waals surface area contributed by atoms with Crippen LogP contribution in [0.2, 0.25) is 0 Å². The molecular formula is C24H32N2OS. The molecule has 0 saturated carbocycles. The molecule has 28 heavy (non-hydrogen) atoms. The fourth-order valence-electron chi connectivity index (χ4n) is 4.06. The first-order chi connectivity index (χ1) is 13.7. The van der Waals surface area contributed by atoms with E-state index in [1.807, 2.05) is 48.5 Å². The van der Waals surface area contributed by atoms with Gasteiger partial charge in [-0.3, -0.25) is 0 Å². The van der Waals surface area contributed by atoms with Crippen molar-refractivity contribution in [2.45, 2.75) is 75.6 Å². The Morgan fingerprint density at radius 2 is 1.25 bits per heavy atom. The lowest BCUT2D eigenvalue weighted by Gasteiger charge is -2.35. The number of aliphatic hydroxyl groups excluding tert-OH is 1. The van der Waals surface area contributed by atoms with Crippen LogP contribution in [0.25, 0.3) is 0 Å². The van der Waals surface area contributed by atoms with Crippen molar-refractivity contribution in [2.24, 2.45) is 10.2 Å². The first-order valence-electron chi connectivity index (χ1n) is 10.7. The molecule has 0 aromatic heterocycles. The number of rotatable bonds is 10. The maximum Gasteiger partial charge on any atom is 0.0929 e. The number of hydrogen-bond donors (Lipinski definition) is 2. The molecule has 0 spiro atoms. The smallest absolute Gasteiger partial charge is 0.0929 e. The molecule has 150 valence electrons. The SMILES string of the molecule is CCCCCCCCCCC(O)C1(S)c2ccccc2N=Nc2ccccc21. The Morgan fingerprint density at radius 3 is 1.79 bits per heavy atom. The minimum atomic E-state index is -0.808. The van der Waals surface area contributed by atoms with Crippen molar-refractivity contribution in [2.75, 3.05) is 0 Å². The molecule has 1 aliphatic rings. The summed E-state index contributed by atoms with van der Waals surface area (Å²) in [4.78, 5) is 0. The van der Waals surface area contributed by atoms with Crippen LogP contribution in [0.1, 0.15) is 75.8 Å². The number of benzene rings is 2. The topological polar surface area (TPSA) is 45.0 Å². The first-order valence-corrected chi connectivity index (χ1v) is 11.1. The fraction of sp³-hybridized carbons (Fsp3) is 0.500. The highest BCUT2D eigenvalue weighted by Gasteiger charge is 2.42. The molecule has 1 N–H and O–H groups in total. The standard InChI is InChI=1S/C24H32N2OS/c1-2-3-4-5-6-7-8-9-18-23(27)24(28)19-14-10-12-16-21(19)25-26-22-17-13-11-15-20(22)24/h10-17,23,27-28H,2-9,18H2,1H3. The summed E-state index contributed by atoms with van der Waals surface area (Å²) in [6, 6.07) is 15.8. The number of azo groups is 1. The van der Waals surface area contributed by atoms with Crippen molar-refractivity contribution >= 4 is 24.0 Å². The summed E-state index contributed by atoms with van der Waals surface area (Å²) >= 11 is 5.08. The van der Waals surface area contributed by atoms with E-state index in [9.17, 15) is 5.11 Å². The highest BCUT2D eigenvalue weighted by Crippen LogP contribution is 2.50. The van der Waals surface area contributed by atoms with Gasteiger partial charge < -0.3 is 5.11 Å². The molecule has 2 aromatic rings. The van der Waals surface area contributed by atoms with E-state index in [1.54, 1.807) is 0 Å². The summed E-state index contributed by atoms with van der Waals surface area (Å²) in [7, 11) is 0. The molecule has 1 aliphatic heterocycles. The molecule has 0 bridgehead atoms. The molecular weight excluding hydrogens is 364 g/mol. The highest BCUT2D eigenvalue weighted by atomic mass is 32.1. The Balaban J connectivity index is 1.70. The molecule has 1 atom stereocenters. The molecule has 3 rings (SSSR count). The predicted octanol–water partition coefficient (Wildman–Crippen LogP) is 7.48. The van der Waals surface area contributed by atoms with Crippen LogP contribution in [0.15, 0.2) is 58.8 Å². The Labute approximate surface area is 174 Å². The van der Waals surface area contributed by atoms with E-state index < -0.39 is 10.9 Å². The Hall–Kier alpha value is -1.65. The van der Waals surface area contributed by atoms with Crippen LogP contribution in [0.3, 0.4) is 0 Å². The van der Waals surface area contributed by atoms with Gasteiger partial charge >= 0.3 is 0 Å². The lowest BCUT2D eigenvalue weighted by molar-refractivity contribution is 0.131. The van der Waals surface area contributed by atoms with Crippen LogP contribution in [0, 0.1) is 0 Å². The predicted molar refractivity (Wildman–Crippen MR) is 120 cm³/mol. The van der Waals surface area contributed by atoms with E-state index in [2.05, 4.69) is 17.2 Å². The normalized spacial score (nSPS) is 15.5. The van der Waals surface area contributed by atoms with E-state index in [0.29, 0.717) is 0 Å². The van der Waals surface area contributed by atoms with E-state index in [-0.39, 0.29) is 0 Å². The average molecular weight is 397 g/mol. The van der Waals surface area contributed by atoms with Gasteiger partial charge in [0.05, 0.1) is 22.2 Å². The van der Waals surface area contributed by atoms with Gasteiger partial charge in [-0.1, -0.05) is 94.7 Å². The van der Waals surface area contributed by atoms with Gasteiger partial charge in [0, 0.05) is 11.1 Å². The molecule has 2 aromatic carbocycles. The van der Waals surface area contributed by atoms with Gasteiger partial charge in [0.1, 0.15) is 0 Å². The Kier molecular flexibility index (Phi) is 7.69. The van der Waals surface area contributed by atoms with Crippen molar-refractivity contribution < 1.29 is 5.11 Å². The summed E-state index contributed by atoms with van der Waals surface area (Å²) in [5.74, 6) is 0. The average Bonchev–Trinajstić information content (AvgIpc) is 2.86. The third-order valence-corrected chi connectivity index (χ3v) is 6.49. The number of hydrogen-bond acceptors (Lipinski definition) is 4. The Morgan fingerprint density at radius 1 is 0.786 bits per heavy atom. The van der Waals surface area contributed by atoms with E-state index in [0.717, 1.165) is 41.8 Å². The zero-order chi connectivity index (χ0) is 19.8. The third-order valence-electron chi connectivity index (χ3n) is 5.71. The van der Waals surface area contributed by atoms with Gasteiger partial charge in [-0.05, 0) is 18.6 Å². The number of thiol groups is 1. The molecule has 1 heterocycles.